The van der Waals surface area contributed by atoms with Crippen molar-refractivity contribution in [3.63, 3.8) is 0 Å². The predicted molar refractivity (Wildman–Crippen MR) is 168 cm³/mol. The first-order valence-corrected chi connectivity index (χ1v) is 16.8. The molecule has 1 fully saturated rings. The molecule has 43 heavy (non-hydrogen) atoms. The Morgan fingerprint density at radius 2 is 1.77 bits per heavy atom. The standard InChI is InChI=1S/C30H39N5O6S2/c1-18(29(3,4)5)27(38)35-23-10-9-15-31-25(23)34(28(35)39)21-13-11-20(12-14-21)16-22(19(2)36)32-26(37)24-30(6,7)42-17-33(24)43(8,40)41/h9-15,18,22,24H,16-17H2,1-8H3,(H,32,37)/t18?,22-,24?/m0/s1. The van der Waals surface area contributed by atoms with Crippen molar-refractivity contribution in [1.82, 2.24) is 23.7 Å². The molecule has 1 amide bonds. The largest absolute Gasteiger partial charge is 0.345 e. The summed E-state index contributed by atoms with van der Waals surface area (Å²) in [7, 11) is -3.64. The molecule has 0 bridgehead atoms. The van der Waals surface area contributed by atoms with Gasteiger partial charge in [-0.3, -0.25) is 14.4 Å². The van der Waals surface area contributed by atoms with Gasteiger partial charge in [0.05, 0.1) is 29.4 Å². The van der Waals surface area contributed by atoms with E-state index in [9.17, 15) is 27.6 Å². The minimum atomic E-state index is -3.64. The molecule has 1 aliphatic rings. The summed E-state index contributed by atoms with van der Waals surface area (Å²) in [6.45, 7) is 12.6. The molecule has 2 unspecified atom stereocenters. The van der Waals surface area contributed by atoms with Gasteiger partial charge < -0.3 is 5.32 Å². The highest BCUT2D eigenvalue weighted by molar-refractivity contribution is 8.02. The molecule has 0 spiro atoms. The average molecular weight is 630 g/mol. The van der Waals surface area contributed by atoms with Gasteiger partial charge in [-0.1, -0.05) is 39.8 Å². The normalized spacial score (nSPS) is 18.8. The van der Waals surface area contributed by atoms with Crippen LogP contribution < -0.4 is 11.0 Å². The SMILES string of the molecule is CC(=O)[C@H](Cc1ccc(-n2c(=O)n(C(=O)C(C)C(C)(C)C)c3cccnc32)cc1)NC(=O)C1N(S(C)(=O)=O)CSC1(C)C. The highest BCUT2D eigenvalue weighted by Crippen LogP contribution is 2.40. The number of imidazole rings is 1. The highest BCUT2D eigenvalue weighted by atomic mass is 32.2. The molecule has 1 aliphatic heterocycles. The van der Waals surface area contributed by atoms with Crippen LogP contribution >= 0.6 is 11.8 Å². The Bertz CT molecular complexity index is 1730. The van der Waals surface area contributed by atoms with Gasteiger partial charge in [0.1, 0.15) is 6.04 Å². The molecule has 1 saturated heterocycles. The third-order valence-electron chi connectivity index (χ3n) is 8.12. The lowest BCUT2D eigenvalue weighted by Crippen LogP contribution is -2.56. The van der Waals surface area contributed by atoms with Crippen LogP contribution in [0.4, 0.5) is 0 Å². The summed E-state index contributed by atoms with van der Waals surface area (Å²) in [5, 5.41) is 2.77. The van der Waals surface area contributed by atoms with E-state index in [0.29, 0.717) is 22.4 Å². The van der Waals surface area contributed by atoms with E-state index in [1.807, 2.05) is 20.8 Å². The zero-order valence-electron chi connectivity index (χ0n) is 25.7. The number of carbonyl (C=O) groups is 3. The number of thioether (sulfide) groups is 1. The molecule has 1 N–H and O–H groups in total. The fourth-order valence-corrected chi connectivity index (χ4v) is 7.80. The van der Waals surface area contributed by atoms with Gasteiger partial charge in [0.25, 0.3) is 0 Å². The van der Waals surface area contributed by atoms with E-state index in [1.54, 1.807) is 63.4 Å². The molecular formula is C30H39N5O6S2. The van der Waals surface area contributed by atoms with Crippen LogP contribution in [0, 0.1) is 11.3 Å². The predicted octanol–water partition coefficient (Wildman–Crippen LogP) is 3.24. The molecule has 11 nitrogen and oxygen atoms in total. The number of sulfonamides is 1. The van der Waals surface area contributed by atoms with Crippen LogP contribution in [0.25, 0.3) is 16.9 Å². The van der Waals surface area contributed by atoms with Gasteiger partial charge >= 0.3 is 5.69 Å². The molecule has 0 saturated carbocycles. The number of hydrogen-bond acceptors (Lipinski definition) is 8. The zero-order chi connectivity index (χ0) is 32.1. The average Bonchev–Trinajstić information content (AvgIpc) is 3.39. The molecule has 232 valence electrons. The van der Waals surface area contributed by atoms with Crippen molar-refractivity contribution in [2.75, 3.05) is 12.1 Å². The Balaban J connectivity index is 1.62. The number of rotatable bonds is 8. The Morgan fingerprint density at radius 1 is 1.14 bits per heavy atom. The van der Waals surface area contributed by atoms with Crippen LogP contribution in [0.5, 0.6) is 0 Å². The van der Waals surface area contributed by atoms with E-state index in [2.05, 4.69) is 10.3 Å². The summed E-state index contributed by atoms with van der Waals surface area (Å²) >= 11 is 1.36. The summed E-state index contributed by atoms with van der Waals surface area (Å²) in [5.41, 5.74) is 1.08. The molecule has 0 aliphatic carbocycles. The Kier molecular flexibility index (Phi) is 8.85. The van der Waals surface area contributed by atoms with Gasteiger partial charge in [-0.15, -0.1) is 11.8 Å². The summed E-state index contributed by atoms with van der Waals surface area (Å²) in [4.78, 5) is 57.4. The molecule has 4 rings (SSSR count). The van der Waals surface area contributed by atoms with Crippen molar-refractivity contribution in [2.24, 2.45) is 11.3 Å². The lowest BCUT2D eigenvalue weighted by atomic mass is 9.81. The van der Waals surface area contributed by atoms with E-state index in [0.717, 1.165) is 10.6 Å². The maximum absolute atomic E-state index is 13.6. The van der Waals surface area contributed by atoms with E-state index in [1.165, 1.54) is 27.8 Å². The lowest BCUT2D eigenvalue weighted by Gasteiger charge is -2.30. The van der Waals surface area contributed by atoms with Crippen molar-refractivity contribution in [3.05, 3.63) is 58.6 Å². The Labute approximate surface area is 256 Å². The number of carbonyl (C=O) groups excluding carboxylic acids is 3. The first kappa shape index (κ1) is 32.6. The molecule has 13 heteroatoms. The summed E-state index contributed by atoms with van der Waals surface area (Å²) in [6.07, 6.45) is 2.79. The van der Waals surface area contributed by atoms with Crippen molar-refractivity contribution >= 4 is 50.5 Å². The van der Waals surface area contributed by atoms with Gasteiger partial charge in [0.15, 0.2) is 11.4 Å². The maximum atomic E-state index is 13.6. The van der Waals surface area contributed by atoms with E-state index in [4.69, 9.17) is 0 Å². The summed E-state index contributed by atoms with van der Waals surface area (Å²) in [6, 6.07) is 8.42. The first-order chi connectivity index (χ1) is 19.8. The maximum Gasteiger partial charge on any atom is 0.341 e. The minimum absolute atomic E-state index is 0.154. The highest BCUT2D eigenvalue weighted by Gasteiger charge is 2.50. The molecule has 2 aromatic heterocycles. The fourth-order valence-electron chi connectivity index (χ4n) is 5.07. The topological polar surface area (TPSA) is 140 Å². The number of hydrogen-bond donors (Lipinski definition) is 1. The second-order valence-corrected chi connectivity index (χ2v) is 16.2. The van der Waals surface area contributed by atoms with E-state index < -0.39 is 44.4 Å². The molecule has 1 aromatic carbocycles. The number of benzene rings is 1. The van der Waals surface area contributed by atoms with Crippen molar-refractivity contribution in [2.45, 2.75) is 71.7 Å². The third-order valence-corrected chi connectivity index (χ3v) is 10.8. The first-order valence-electron chi connectivity index (χ1n) is 14.0. The van der Waals surface area contributed by atoms with Crippen LogP contribution in [-0.2, 0) is 26.0 Å². The van der Waals surface area contributed by atoms with Crippen LogP contribution in [0.3, 0.4) is 0 Å². The van der Waals surface area contributed by atoms with Crippen LogP contribution in [-0.4, -0.2) is 73.4 Å². The second-order valence-electron chi connectivity index (χ2n) is 12.7. The number of aromatic nitrogens is 3. The molecule has 3 atom stereocenters. The minimum Gasteiger partial charge on any atom is -0.345 e. The summed E-state index contributed by atoms with van der Waals surface area (Å²) < 4.78 is 27.7. The zero-order valence-corrected chi connectivity index (χ0v) is 27.4. The number of fused-ring (bicyclic) bond motifs is 1. The smallest absolute Gasteiger partial charge is 0.341 e. The lowest BCUT2D eigenvalue weighted by molar-refractivity contribution is -0.129. The van der Waals surface area contributed by atoms with Crippen molar-refractivity contribution in [1.29, 1.82) is 0 Å². The van der Waals surface area contributed by atoms with Crippen LogP contribution in [0.15, 0.2) is 47.4 Å². The number of nitrogens with one attached hydrogen (secondary N) is 1. The number of pyridine rings is 1. The number of nitrogens with zero attached hydrogens (tertiary/aromatic N) is 4. The summed E-state index contributed by atoms with van der Waals surface area (Å²) in [5.74, 6) is -1.40. The molecule has 3 aromatic rings. The third kappa shape index (κ3) is 6.48. The van der Waals surface area contributed by atoms with Crippen LogP contribution in [0.1, 0.15) is 58.8 Å². The molecule has 0 radical (unpaired) electrons. The molecular weight excluding hydrogens is 590 g/mol. The van der Waals surface area contributed by atoms with E-state index >= 15 is 0 Å². The quantitative estimate of drug-likeness (QED) is 0.401. The Hall–Kier alpha value is -3.29. The second kappa shape index (κ2) is 11.7. The van der Waals surface area contributed by atoms with Gasteiger partial charge in [-0.2, -0.15) is 4.31 Å². The number of ketones is 1. The van der Waals surface area contributed by atoms with Gasteiger partial charge in [0.2, 0.25) is 21.8 Å². The van der Waals surface area contributed by atoms with Crippen molar-refractivity contribution < 1.29 is 22.8 Å². The van der Waals surface area contributed by atoms with Gasteiger partial charge in [0, 0.05) is 16.9 Å². The number of amides is 1. The molecule has 3 heterocycles. The monoisotopic (exact) mass is 629 g/mol. The number of Topliss-reactive ketones (excluding diaryl/α,β-unsaturated/α-hetero) is 1. The van der Waals surface area contributed by atoms with Crippen LogP contribution in [0.2, 0.25) is 0 Å². The Morgan fingerprint density at radius 3 is 2.33 bits per heavy atom. The van der Waals surface area contributed by atoms with Gasteiger partial charge in [-0.05, 0) is 62.4 Å². The van der Waals surface area contributed by atoms with Gasteiger partial charge in [-0.25, -0.2) is 27.3 Å². The fraction of sp³-hybridized carbons (Fsp3) is 0.500. The van der Waals surface area contributed by atoms with E-state index in [-0.39, 0.29) is 29.4 Å². The van der Waals surface area contributed by atoms with Crippen molar-refractivity contribution in [3.8, 4) is 5.69 Å².